The van der Waals surface area contributed by atoms with Crippen LogP contribution in [0.15, 0.2) is 47.5 Å². The summed E-state index contributed by atoms with van der Waals surface area (Å²) in [5.41, 5.74) is 7.07. The minimum Gasteiger partial charge on any atom is -0.493 e. The number of rotatable bonds is 5. The number of likely N-dealkylation sites (N-methyl/N-ethyl adjacent to an activating group) is 1. The van der Waals surface area contributed by atoms with Crippen molar-refractivity contribution < 1.29 is 13.5 Å². The summed E-state index contributed by atoms with van der Waals surface area (Å²) in [5.74, 6) is -0.114. The van der Waals surface area contributed by atoms with Gasteiger partial charge in [0.2, 0.25) is 0 Å². The molecule has 3 rings (SSSR count). The third kappa shape index (κ3) is 4.36. The van der Waals surface area contributed by atoms with Crippen molar-refractivity contribution in [1.82, 2.24) is 10.2 Å². The summed E-state index contributed by atoms with van der Waals surface area (Å²) in [6, 6.07) is 11.0. The molecule has 0 spiro atoms. The molecule has 0 aliphatic carbocycles. The Morgan fingerprint density at radius 2 is 1.93 bits per heavy atom. The summed E-state index contributed by atoms with van der Waals surface area (Å²) in [4.78, 5) is 6.06. The van der Waals surface area contributed by atoms with Crippen molar-refractivity contribution in [3.8, 4) is 5.75 Å². The van der Waals surface area contributed by atoms with E-state index in [1.165, 1.54) is 18.2 Å². The fourth-order valence-corrected chi connectivity index (χ4v) is 3.24. The SMILES string of the molecule is CN(C)C(CN=C(N)NC1CCOc2ccccc21)c1c(F)cccc1F. The molecular weight excluding hydrogens is 350 g/mol. The van der Waals surface area contributed by atoms with Crippen LogP contribution in [0.5, 0.6) is 5.75 Å². The molecule has 3 N–H and O–H groups in total. The quantitative estimate of drug-likeness (QED) is 0.624. The van der Waals surface area contributed by atoms with E-state index in [4.69, 9.17) is 10.5 Å². The van der Waals surface area contributed by atoms with Crippen molar-refractivity contribution >= 4 is 5.96 Å². The Labute approximate surface area is 157 Å². The minimum atomic E-state index is -0.589. The van der Waals surface area contributed by atoms with Crippen LogP contribution in [0.1, 0.15) is 29.6 Å². The van der Waals surface area contributed by atoms with Crippen LogP contribution in [-0.2, 0) is 0 Å². The molecule has 0 aromatic heterocycles. The third-order valence-electron chi connectivity index (χ3n) is 4.67. The topological polar surface area (TPSA) is 62.9 Å². The molecule has 0 amide bonds. The molecule has 0 saturated carbocycles. The molecule has 2 atom stereocenters. The van der Waals surface area contributed by atoms with E-state index in [-0.39, 0.29) is 24.1 Å². The van der Waals surface area contributed by atoms with Gasteiger partial charge < -0.3 is 20.7 Å². The first-order chi connectivity index (χ1) is 13.0. The number of fused-ring (bicyclic) bond motifs is 1. The van der Waals surface area contributed by atoms with Crippen LogP contribution in [0, 0.1) is 11.6 Å². The van der Waals surface area contributed by atoms with Gasteiger partial charge in [-0.2, -0.15) is 0 Å². The molecule has 0 saturated heterocycles. The number of halogens is 2. The highest BCUT2D eigenvalue weighted by Crippen LogP contribution is 2.31. The Kier molecular flexibility index (Phi) is 5.91. The molecule has 7 heteroatoms. The lowest BCUT2D eigenvalue weighted by molar-refractivity contribution is 0.261. The second kappa shape index (κ2) is 8.35. The van der Waals surface area contributed by atoms with Crippen molar-refractivity contribution in [2.45, 2.75) is 18.5 Å². The molecule has 144 valence electrons. The van der Waals surface area contributed by atoms with Crippen LogP contribution in [0.25, 0.3) is 0 Å². The highest BCUT2D eigenvalue weighted by atomic mass is 19.1. The number of ether oxygens (including phenoxy) is 1. The number of hydrogen-bond donors (Lipinski definition) is 2. The molecule has 1 aliphatic rings. The van der Waals surface area contributed by atoms with E-state index in [1.54, 1.807) is 19.0 Å². The summed E-state index contributed by atoms with van der Waals surface area (Å²) in [5, 5.41) is 3.19. The Hall–Kier alpha value is -2.67. The maximum Gasteiger partial charge on any atom is 0.189 e. The van der Waals surface area contributed by atoms with E-state index in [0.29, 0.717) is 6.61 Å². The van der Waals surface area contributed by atoms with Crippen molar-refractivity contribution in [3.05, 3.63) is 65.2 Å². The van der Waals surface area contributed by atoms with Gasteiger partial charge in [0.05, 0.1) is 25.2 Å². The van der Waals surface area contributed by atoms with E-state index in [9.17, 15) is 8.78 Å². The predicted molar refractivity (Wildman–Crippen MR) is 102 cm³/mol. The summed E-state index contributed by atoms with van der Waals surface area (Å²) >= 11 is 0. The van der Waals surface area contributed by atoms with Gasteiger partial charge in [-0.05, 0) is 32.3 Å². The Morgan fingerprint density at radius 3 is 2.63 bits per heavy atom. The lowest BCUT2D eigenvalue weighted by Crippen LogP contribution is -2.38. The minimum absolute atomic E-state index is 0.00420. The number of guanidine groups is 1. The zero-order valence-electron chi connectivity index (χ0n) is 15.5. The van der Waals surface area contributed by atoms with Crippen LogP contribution >= 0.6 is 0 Å². The monoisotopic (exact) mass is 374 g/mol. The Bertz CT molecular complexity index is 805. The lowest BCUT2D eigenvalue weighted by atomic mass is 10.0. The summed E-state index contributed by atoms with van der Waals surface area (Å²) in [6.07, 6.45) is 0.756. The number of nitrogens with two attached hydrogens (primary N) is 1. The molecule has 0 radical (unpaired) electrons. The maximum absolute atomic E-state index is 14.1. The molecule has 2 aromatic rings. The van der Waals surface area contributed by atoms with Crippen molar-refractivity contribution in [1.29, 1.82) is 0 Å². The zero-order valence-corrected chi connectivity index (χ0v) is 15.5. The van der Waals surface area contributed by atoms with Crippen LogP contribution in [0.3, 0.4) is 0 Å². The first kappa shape index (κ1) is 19.1. The smallest absolute Gasteiger partial charge is 0.189 e. The second-order valence-electron chi connectivity index (χ2n) is 6.71. The van der Waals surface area contributed by atoms with Crippen LogP contribution in [0.4, 0.5) is 8.78 Å². The fraction of sp³-hybridized carbons (Fsp3) is 0.350. The Balaban J connectivity index is 1.74. The largest absolute Gasteiger partial charge is 0.493 e. The molecule has 27 heavy (non-hydrogen) atoms. The number of hydrogen-bond acceptors (Lipinski definition) is 3. The number of para-hydroxylation sites is 1. The molecule has 2 aromatic carbocycles. The number of nitrogens with zero attached hydrogens (tertiary/aromatic N) is 2. The van der Waals surface area contributed by atoms with Crippen molar-refractivity contribution in [2.24, 2.45) is 10.7 Å². The van der Waals surface area contributed by atoms with Gasteiger partial charge in [0.15, 0.2) is 5.96 Å². The van der Waals surface area contributed by atoms with Gasteiger partial charge in [0.1, 0.15) is 17.4 Å². The molecule has 1 aliphatic heterocycles. The highest BCUT2D eigenvalue weighted by Gasteiger charge is 2.23. The second-order valence-corrected chi connectivity index (χ2v) is 6.71. The van der Waals surface area contributed by atoms with Gasteiger partial charge in [-0.25, -0.2) is 8.78 Å². The zero-order chi connectivity index (χ0) is 19.4. The summed E-state index contributed by atoms with van der Waals surface area (Å²) in [7, 11) is 3.51. The molecule has 0 bridgehead atoms. The van der Waals surface area contributed by atoms with E-state index in [0.717, 1.165) is 17.7 Å². The van der Waals surface area contributed by atoms with Gasteiger partial charge in [0, 0.05) is 17.5 Å². The number of nitrogens with one attached hydrogen (secondary N) is 1. The molecule has 0 fully saturated rings. The maximum atomic E-state index is 14.1. The molecular formula is C20H24F2N4O. The van der Waals surface area contributed by atoms with E-state index in [2.05, 4.69) is 10.3 Å². The predicted octanol–water partition coefficient (Wildman–Crippen LogP) is 3.00. The Morgan fingerprint density at radius 1 is 1.22 bits per heavy atom. The van der Waals surface area contributed by atoms with Gasteiger partial charge in [-0.1, -0.05) is 24.3 Å². The van der Waals surface area contributed by atoms with Gasteiger partial charge in [-0.15, -0.1) is 0 Å². The van der Waals surface area contributed by atoms with Gasteiger partial charge in [0.25, 0.3) is 0 Å². The first-order valence-corrected chi connectivity index (χ1v) is 8.86. The lowest BCUT2D eigenvalue weighted by Gasteiger charge is -2.27. The fourth-order valence-electron chi connectivity index (χ4n) is 3.24. The van der Waals surface area contributed by atoms with Gasteiger partial charge in [-0.3, -0.25) is 4.99 Å². The van der Waals surface area contributed by atoms with E-state index >= 15 is 0 Å². The first-order valence-electron chi connectivity index (χ1n) is 8.86. The standard InChI is InChI=1S/C20H24F2N4O/c1-26(2)17(19-14(21)7-5-8-15(19)22)12-24-20(23)25-16-10-11-27-18-9-4-3-6-13(16)18/h3-9,16-17H,10-12H2,1-2H3,(H3,23,24,25). The number of benzene rings is 2. The van der Waals surface area contributed by atoms with E-state index in [1.807, 2.05) is 24.3 Å². The van der Waals surface area contributed by atoms with Gasteiger partial charge >= 0.3 is 0 Å². The van der Waals surface area contributed by atoms with Crippen LogP contribution in [0.2, 0.25) is 0 Å². The van der Waals surface area contributed by atoms with Crippen LogP contribution < -0.4 is 15.8 Å². The molecule has 2 unspecified atom stereocenters. The van der Waals surface area contributed by atoms with Crippen LogP contribution in [-0.4, -0.2) is 38.1 Å². The van der Waals surface area contributed by atoms with E-state index < -0.39 is 17.7 Å². The third-order valence-corrected chi connectivity index (χ3v) is 4.67. The highest BCUT2D eigenvalue weighted by molar-refractivity contribution is 5.78. The number of aliphatic imine (C=N–C) groups is 1. The average molecular weight is 374 g/mol. The summed E-state index contributed by atoms with van der Waals surface area (Å²) < 4.78 is 33.9. The molecule has 1 heterocycles. The normalized spacial score (nSPS) is 18.0. The van der Waals surface area contributed by atoms with Crippen molar-refractivity contribution in [3.63, 3.8) is 0 Å². The molecule has 5 nitrogen and oxygen atoms in total. The summed E-state index contributed by atoms with van der Waals surface area (Å²) in [6.45, 7) is 0.720. The van der Waals surface area contributed by atoms with Crippen molar-refractivity contribution in [2.75, 3.05) is 27.2 Å². The average Bonchev–Trinajstić information content (AvgIpc) is 2.64.